The summed E-state index contributed by atoms with van der Waals surface area (Å²) in [5.41, 5.74) is 2.57. The second-order valence-electron chi connectivity index (χ2n) is 6.55. The van der Waals surface area contributed by atoms with Crippen LogP contribution in [0, 0.1) is 5.92 Å². The van der Waals surface area contributed by atoms with Crippen molar-refractivity contribution < 1.29 is 4.52 Å². The number of rotatable bonds is 2. The number of fused-ring (bicyclic) bond motifs is 1. The van der Waals surface area contributed by atoms with Gasteiger partial charge in [-0.1, -0.05) is 30.3 Å². The van der Waals surface area contributed by atoms with Gasteiger partial charge in [-0.2, -0.15) is 4.98 Å². The third-order valence-corrected chi connectivity index (χ3v) is 4.89. The minimum atomic E-state index is 0.292. The highest BCUT2D eigenvalue weighted by molar-refractivity contribution is 5.53. The predicted octanol–water partition coefficient (Wildman–Crippen LogP) is 3.73. The molecule has 3 atom stereocenters. The molecule has 2 heterocycles. The fourth-order valence-corrected chi connectivity index (χ4v) is 3.64. The maximum atomic E-state index is 5.57. The van der Waals surface area contributed by atoms with Crippen LogP contribution in [0.4, 0.5) is 5.69 Å². The summed E-state index contributed by atoms with van der Waals surface area (Å²) in [5.74, 6) is 3.31. The Morgan fingerprint density at radius 1 is 1.19 bits per heavy atom. The Kier molecular flexibility index (Phi) is 3.17. The molecule has 0 saturated heterocycles. The lowest BCUT2D eigenvalue weighted by atomic mass is 9.94. The molecular formula is C17H21N3O. The van der Waals surface area contributed by atoms with E-state index in [1.165, 1.54) is 30.5 Å². The molecule has 0 amide bonds. The maximum absolute atomic E-state index is 5.57. The summed E-state index contributed by atoms with van der Waals surface area (Å²) in [6.07, 6.45) is 4.66. The Balaban J connectivity index is 1.52. The van der Waals surface area contributed by atoms with Gasteiger partial charge in [0.15, 0.2) is 5.82 Å². The number of anilines is 1. The van der Waals surface area contributed by atoms with Gasteiger partial charge in [-0.3, -0.25) is 0 Å². The van der Waals surface area contributed by atoms with Crippen LogP contribution in [0.15, 0.2) is 28.8 Å². The predicted molar refractivity (Wildman–Crippen MR) is 81.4 cm³/mol. The van der Waals surface area contributed by atoms with Crippen molar-refractivity contribution in [3.63, 3.8) is 0 Å². The Morgan fingerprint density at radius 3 is 2.95 bits per heavy atom. The van der Waals surface area contributed by atoms with Crippen LogP contribution >= 0.6 is 0 Å². The molecule has 0 radical (unpaired) electrons. The van der Waals surface area contributed by atoms with E-state index in [9.17, 15) is 0 Å². The van der Waals surface area contributed by atoms with Crippen LogP contribution in [0.3, 0.4) is 0 Å². The molecule has 1 fully saturated rings. The standard InChI is InChI=1S/C17H21N3O/c1-11-6-7-13(8-11)16-19-17(21-20-16)14-9-12-4-2-3-5-15(12)18-10-14/h2-5,11,13-14,18H,6-10H2,1H3. The molecular weight excluding hydrogens is 262 g/mol. The van der Waals surface area contributed by atoms with E-state index in [4.69, 9.17) is 9.51 Å². The van der Waals surface area contributed by atoms with Crippen LogP contribution in [0.5, 0.6) is 0 Å². The number of hydrogen-bond donors (Lipinski definition) is 1. The van der Waals surface area contributed by atoms with Crippen LogP contribution in [0.1, 0.15) is 55.3 Å². The molecule has 110 valence electrons. The summed E-state index contributed by atoms with van der Waals surface area (Å²) < 4.78 is 5.57. The Morgan fingerprint density at radius 2 is 2.10 bits per heavy atom. The second kappa shape index (κ2) is 5.17. The largest absolute Gasteiger partial charge is 0.384 e. The lowest BCUT2D eigenvalue weighted by Crippen LogP contribution is -2.21. The number of para-hydroxylation sites is 1. The van der Waals surface area contributed by atoms with E-state index in [1.54, 1.807) is 0 Å². The lowest BCUT2D eigenvalue weighted by molar-refractivity contribution is 0.347. The van der Waals surface area contributed by atoms with Gasteiger partial charge in [-0.15, -0.1) is 0 Å². The van der Waals surface area contributed by atoms with Gasteiger partial charge >= 0.3 is 0 Å². The van der Waals surface area contributed by atoms with E-state index >= 15 is 0 Å². The highest BCUT2D eigenvalue weighted by Gasteiger charge is 2.29. The molecule has 1 aromatic heterocycles. The Labute approximate surface area is 124 Å². The average Bonchev–Trinajstić information content (AvgIpc) is 3.15. The smallest absolute Gasteiger partial charge is 0.231 e. The first-order chi connectivity index (χ1) is 10.3. The molecule has 3 unspecified atom stereocenters. The molecule has 21 heavy (non-hydrogen) atoms. The van der Waals surface area contributed by atoms with Gasteiger partial charge in [0, 0.05) is 18.2 Å². The average molecular weight is 283 g/mol. The molecule has 0 bridgehead atoms. The van der Waals surface area contributed by atoms with Gasteiger partial charge < -0.3 is 9.84 Å². The van der Waals surface area contributed by atoms with Crippen LogP contribution < -0.4 is 5.32 Å². The monoisotopic (exact) mass is 283 g/mol. The zero-order chi connectivity index (χ0) is 14.2. The highest BCUT2D eigenvalue weighted by atomic mass is 16.5. The molecule has 2 aliphatic rings. The number of nitrogens with one attached hydrogen (secondary N) is 1. The molecule has 1 N–H and O–H groups in total. The van der Waals surface area contributed by atoms with Crippen LogP contribution in [0.2, 0.25) is 0 Å². The van der Waals surface area contributed by atoms with E-state index in [0.29, 0.717) is 11.8 Å². The first-order valence-corrected chi connectivity index (χ1v) is 7.95. The zero-order valence-electron chi connectivity index (χ0n) is 12.4. The molecule has 4 nitrogen and oxygen atoms in total. The van der Waals surface area contributed by atoms with Crippen LogP contribution in [-0.4, -0.2) is 16.7 Å². The minimum absolute atomic E-state index is 0.292. The maximum Gasteiger partial charge on any atom is 0.231 e. The Bertz CT molecular complexity index is 636. The quantitative estimate of drug-likeness (QED) is 0.912. The van der Waals surface area contributed by atoms with Gasteiger partial charge in [0.25, 0.3) is 0 Å². The van der Waals surface area contributed by atoms with Gasteiger partial charge in [-0.25, -0.2) is 0 Å². The van der Waals surface area contributed by atoms with Crippen molar-refractivity contribution >= 4 is 5.69 Å². The third-order valence-electron chi connectivity index (χ3n) is 4.89. The van der Waals surface area contributed by atoms with Crippen molar-refractivity contribution in [3.05, 3.63) is 41.5 Å². The van der Waals surface area contributed by atoms with Gasteiger partial charge in [0.2, 0.25) is 5.89 Å². The van der Waals surface area contributed by atoms with Gasteiger partial charge in [0.05, 0.1) is 5.92 Å². The zero-order valence-corrected chi connectivity index (χ0v) is 12.4. The fraction of sp³-hybridized carbons (Fsp3) is 0.529. The van der Waals surface area contributed by atoms with Crippen molar-refractivity contribution in [1.29, 1.82) is 0 Å². The topological polar surface area (TPSA) is 51.0 Å². The summed E-state index contributed by atoms with van der Waals surface area (Å²) in [6, 6.07) is 8.45. The number of nitrogens with zero attached hydrogens (tertiary/aromatic N) is 2. The summed E-state index contributed by atoms with van der Waals surface area (Å²) >= 11 is 0. The fourth-order valence-electron chi connectivity index (χ4n) is 3.64. The molecule has 4 heteroatoms. The van der Waals surface area contributed by atoms with E-state index in [1.807, 2.05) is 0 Å². The minimum Gasteiger partial charge on any atom is -0.384 e. The van der Waals surface area contributed by atoms with Crippen molar-refractivity contribution in [2.75, 3.05) is 11.9 Å². The van der Waals surface area contributed by atoms with Gasteiger partial charge in [0.1, 0.15) is 0 Å². The van der Waals surface area contributed by atoms with Crippen molar-refractivity contribution in [2.45, 2.75) is 44.4 Å². The number of hydrogen-bond acceptors (Lipinski definition) is 4. The molecule has 1 aromatic carbocycles. The van der Waals surface area contributed by atoms with Crippen LogP contribution in [-0.2, 0) is 6.42 Å². The molecule has 4 rings (SSSR count). The third kappa shape index (κ3) is 2.43. The van der Waals surface area contributed by atoms with Crippen molar-refractivity contribution in [2.24, 2.45) is 5.92 Å². The van der Waals surface area contributed by atoms with E-state index < -0.39 is 0 Å². The molecule has 1 saturated carbocycles. The molecule has 2 aromatic rings. The molecule has 1 aliphatic heterocycles. The van der Waals surface area contributed by atoms with Crippen molar-refractivity contribution in [1.82, 2.24) is 10.1 Å². The first kappa shape index (κ1) is 12.9. The van der Waals surface area contributed by atoms with E-state index in [2.05, 4.69) is 41.7 Å². The second-order valence-corrected chi connectivity index (χ2v) is 6.55. The van der Waals surface area contributed by atoms with Crippen LogP contribution in [0.25, 0.3) is 0 Å². The van der Waals surface area contributed by atoms with E-state index in [0.717, 1.165) is 30.6 Å². The summed E-state index contributed by atoms with van der Waals surface area (Å²) in [6.45, 7) is 3.18. The summed E-state index contributed by atoms with van der Waals surface area (Å²) in [5, 5.41) is 7.72. The van der Waals surface area contributed by atoms with E-state index in [-0.39, 0.29) is 0 Å². The summed E-state index contributed by atoms with van der Waals surface area (Å²) in [4.78, 5) is 4.71. The molecule has 0 spiro atoms. The first-order valence-electron chi connectivity index (χ1n) is 7.95. The van der Waals surface area contributed by atoms with Crippen molar-refractivity contribution in [3.8, 4) is 0 Å². The normalized spacial score (nSPS) is 28.1. The SMILES string of the molecule is CC1CCC(c2noc(C3CNc4ccccc4C3)n2)C1. The molecule has 1 aliphatic carbocycles. The number of aromatic nitrogens is 2. The Hall–Kier alpha value is -1.84. The van der Waals surface area contributed by atoms with Gasteiger partial charge in [-0.05, 0) is 43.2 Å². The number of benzene rings is 1. The summed E-state index contributed by atoms with van der Waals surface area (Å²) in [7, 11) is 0. The lowest BCUT2D eigenvalue weighted by Gasteiger charge is -2.23. The highest BCUT2D eigenvalue weighted by Crippen LogP contribution is 2.37.